The van der Waals surface area contributed by atoms with Crippen LogP contribution in [0.25, 0.3) is 5.76 Å². The number of nitrogens with zero attached hydrogens (tertiary/aromatic N) is 2. The second kappa shape index (κ2) is 11.5. The van der Waals surface area contributed by atoms with E-state index >= 15 is 0 Å². The number of amides is 1. The van der Waals surface area contributed by atoms with Crippen molar-refractivity contribution in [3.8, 4) is 17.2 Å². The highest BCUT2D eigenvalue weighted by Gasteiger charge is 2.46. The van der Waals surface area contributed by atoms with E-state index in [1.807, 2.05) is 54.6 Å². The third-order valence-electron chi connectivity index (χ3n) is 6.80. The molecule has 8 nitrogen and oxygen atoms in total. The molecule has 2 heterocycles. The van der Waals surface area contributed by atoms with Gasteiger partial charge in [-0.1, -0.05) is 42.5 Å². The van der Waals surface area contributed by atoms with Gasteiger partial charge in [-0.3, -0.25) is 14.5 Å². The molecule has 1 atom stereocenters. The Morgan fingerprint density at radius 1 is 0.895 bits per heavy atom. The van der Waals surface area contributed by atoms with Gasteiger partial charge in [-0.05, 0) is 42.0 Å². The molecule has 2 aliphatic heterocycles. The number of aliphatic hydroxyl groups excluding tert-OH is 1. The molecule has 3 aromatic rings. The van der Waals surface area contributed by atoms with Crippen LogP contribution < -0.4 is 9.47 Å². The van der Waals surface area contributed by atoms with Gasteiger partial charge in [-0.15, -0.1) is 0 Å². The number of rotatable bonds is 8. The van der Waals surface area contributed by atoms with E-state index in [2.05, 4.69) is 4.90 Å². The van der Waals surface area contributed by atoms with Gasteiger partial charge >= 0.3 is 0 Å². The minimum Gasteiger partial charge on any atom is -0.507 e. The zero-order chi connectivity index (χ0) is 26.5. The number of benzene rings is 3. The molecule has 2 fully saturated rings. The largest absolute Gasteiger partial charge is 0.507 e. The van der Waals surface area contributed by atoms with Crippen LogP contribution in [-0.4, -0.2) is 73.1 Å². The van der Waals surface area contributed by atoms with Gasteiger partial charge < -0.3 is 24.2 Å². The maximum absolute atomic E-state index is 13.4. The fourth-order valence-corrected chi connectivity index (χ4v) is 4.83. The van der Waals surface area contributed by atoms with E-state index in [1.54, 1.807) is 29.2 Å². The predicted octanol–water partition coefficient (Wildman–Crippen LogP) is 4.24. The van der Waals surface area contributed by atoms with Crippen molar-refractivity contribution < 1.29 is 28.9 Å². The second-order valence-electron chi connectivity index (χ2n) is 9.17. The van der Waals surface area contributed by atoms with Gasteiger partial charge in [0.2, 0.25) is 0 Å². The number of hydrogen-bond acceptors (Lipinski definition) is 7. The van der Waals surface area contributed by atoms with Gasteiger partial charge in [-0.2, -0.15) is 0 Å². The molecule has 0 spiro atoms. The number of carbonyl (C=O) groups is 2. The van der Waals surface area contributed by atoms with Crippen LogP contribution in [0.4, 0.5) is 0 Å². The summed E-state index contributed by atoms with van der Waals surface area (Å²) in [5.41, 5.74) is 1.11. The standard InChI is InChI=1S/C30H30N2O6/c1-36-24-11-6-8-22(20-24)28(33)26-27(21-7-5-12-25(19-21)38-23-9-3-2-4-10-23)32(30(35)29(26)34)14-13-31-15-17-37-18-16-31/h2-12,19-20,27,33H,13-18H2,1H3. The molecule has 2 aliphatic rings. The molecule has 0 aliphatic carbocycles. The van der Waals surface area contributed by atoms with Gasteiger partial charge in [0.1, 0.15) is 23.0 Å². The van der Waals surface area contributed by atoms with Crippen molar-refractivity contribution in [2.45, 2.75) is 6.04 Å². The van der Waals surface area contributed by atoms with Gasteiger partial charge in [-0.25, -0.2) is 0 Å². The maximum Gasteiger partial charge on any atom is 0.295 e. The normalized spacial score (nSPS) is 19.5. The van der Waals surface area contributed by atoms with Crippen LogP contribution >= 0.6 is 0 Å². The molecule has 0 saturated carbocycles. The van der Waals surface area contributed by atoms with Crippen LogP contribution in [0.15, 0.2) is 84.4 Å². The first-order valence-corrected chi connectivity index (χ1v) is 12.6. The highest BCUT2D eigenvalue weighted by atomic mass is 16.5. The summed E-state index contributed by atoms with van der Waals surface area (Å²) in [7, 11) is 1.53. The minimum absolute atomic E-state index is 0.0436. The number of morpholine rings is 1. The molecule has 196 valence electrons. The Morgan fingerprint density at radius 2 is 1.61 bits per heavy atom. The third kappa shape index (κ3) is 5.41. The molecule has 0 radical (unpaired) electrons. The smallest absolute Gasteiger partial charge is 0.295 e. The summed E-state index contributed by atoms with van der Waals surface area (Å²) >= 11 is 0. The number of methoxy groups -OCH3 is 1. The number of carbonyl (C=O) groups excluding carboxylic acids is 2. The topological polar surface area (TPSA) is 88.5 Å². The molecule has 1 unspecified atom stereocenters. The number of Topliss-reactive ketones (excluding diaryl/α,β-unsaturated/α-hetero) is 1. The summed E-state index contributed by atoms with van der Waals surface area (Å²) < 4.78 is 16.8. The van der Waals surface area contributed by atoms with Crippen molar-refractivity contribution in [3.63, 3.8) is 0 Å². The zero-order valence-corrected chi connectivity index (χ0v) is 21.2. The van der Waals surface area contributed by atoms with Gasteiger partial charge in [0, 0.05) is 31.7 Å². The molecule has 1 amide bonds. The van der Waals surface area contributed by atoms with Crippen molar-refractivity contribution in [2.75, 3.05) is 46.5 Å². The SMILES string of the molecule is COc1cccc(C(O)=C2C(=O)C(=O)N(CCN3CCOCC3)C2c2cccc(Oc3ccccc3)c2)c1. The Balaban J connectivity index is 1.54. The third-order valence-corrected chi connectivity index (χ3v) is 6.80. The van der Waals surface area contributed by atoms with Crippen molar-refractivity contribution in [2.24, 2.45) is 0 Å². The fourth-order valence-electron chi connectivity index (χ4n) is 4.83. The first kappa shape index (κ1) is 25.5. The monoisotopic (exact) mass is 514 g/mol. The Kier molecular flexibility index (Phi) is 7.72. The van der Waals surface area contributed by atoms with E-state index in [1.165, 1.54) is 7.11 Å². The summed E-state index contributed by atoms with van der Waals surface area (Å²) in [6.07, 6.45) is 0. The lowest BCUT2D eigenvalue weighted by atomic mass is 9.95. The van der Waals surface area contributed by atoms with E-state index in [4.69, 9.17) is 14.2 Å². The average Bonchev–Trinajstić information content (AvgIpc) is 3.22. The fraction of sp³-hybridized carbons (Fsp3) is 0.267. The quantitative estimate of drug-likeness (QED) is 0.273. The van der Waals surface area contributed by atoms with Crippen molar-refractivity contribution in [1.82, 2.24) is 9.80 Å². The van der Waals surface area contributed by atoms with E-state index in [-0.39, 0.29) is 11.3 Å². The molecule has 0 aromatic heterocycles. The van der Waals surface area contributed by atoms with Crippen LogP contribution in [0.1, 0.15) is 17.2 Å². The molecular formula is C30H30N2O6. The zero-order valence-electron chi connectivity index (χ0n) is 21.2. The van der Waals surface area contributed by atoms with Crippen LogP contribution in [0.3, 0.4) is 0 Å². The maximum atomic E-state index is 13.4. The average molecular weight is 515 g/mol. The molecule has 5 rings (SSSR count). The van der Waals surface area contributed by atoms with Crippen molar-refractivity contribution in [3.05, 3.63) is 95.6 Å². The summed E-state index contributed by atoms with van der Waals surface area (Å²) in [6, 6.07) is 22.7. The van der Waals surface area contributed by atoms with E-state index < -0.39 is 17.7 Å². The Labute approximate surface area is 221 Å². The number of hydrogen-bond donors (Lipinski definition) is 1. The number of ether oxygens (including phenoxy) is 3. The Morgan fingerprint density at radius 3 is 2.37 bits per heavy atom. The Hall–Kier alpha value is -4.14. The first-order chi connectivity index (χ1) is 18.5. The number of likely N-dealkylation sites (tertiary alicyclic amines) is 1. The number of aliphatic hydroxyl groups is 1. The highest BCUT2D eigenvalue weighted by molar-refractivity contribution is 6.46. The van der Waals surface area contributed by atoms with E-state index in [0.29, 0.717) is 54.7 Å². The molecule has 3 aromatic carbocycles. The lowest BCUT2D eigenvalue weighted by Gasteiger charge is -2.31. The van der Waals surface area contributed by atoms with Crippen LogP contribution in [0, 0.1) is 0 Å². The second-order valence-corrected chi connectivity index (χ2v) is 9.17. The van der Waals surface area contributed by atoms with Gasteiger partial charge in [0.25, 0.3) is 11.7 Å². The first-order valence-electron chi connectivity index (χ1n) is 12.6. The predicted molar refractivity (Wildman–Crippen MR) is 142 cm³/mol. The van der Waals surface area contributed by atoms with Gasteiger partial charge in [0.05, 0.1) is 31.9 Å². The van der Waals surface area contributed by atoms with Crippen LogP contribution in [0.5, 0.6) is 17.2 Å². The molecule has 8 heteroatoms. The van der Waals surface area contributed by atoms with E-state index in [0.717, 1.165) is 13.1 Å². The van der Waals surface area contributed by atoms with Crippen molar-refractivity contribution >= 4 is 17.4 Å². The lowest BCUT2D eigenvalue weighted by molar-refractivity contribution is -0.140. The summed E-state index contributed by atoms with van der Waals surface area (Å²) in [5, 5.41) is 11.4. The van der Waals surface area contributed by atoms with Crippen LogP contribution in [0.2, 0.25) is 0 Å². The lowest BCUT2D eigenvalue weighted by Crippen LogP contribution is -2.42. The summed E-state index contributed by atoms with van der Waals surface area (Å²) in [6.45, 7) is 3.71. The molecule has 38 heavy (non-hydrogen) atoms. The summed E-state index contributed by atoms with van der Waals surface area (Å²) in [4.78, 5) is 30.5. The number of para-hydroxylation sites is 1. The molecule has 2 saturated heterocycles. The van der Waals surface area contributed by atoms with E-state index in [9.17, 15) is 14.7 Å². The highest BCUT2D eigenvalue weighted by Crippen LogP contribution is 2.40. The van der Waals surface area contributed by atoms with Crippen molar-refractivity contribution in [1.29, 1.82) is 0 Å². The minimum atomic E-state index is -0.776. The summed E-state index contributed by atoms with van der Waals surface area (Å²) in [5.74, 6) is 0.172. The van der Waals surface area contributed by atoms with Gasteiger partial charge in [0.15, 0.2) is 0 Å². The molecular weight excluding hydrogens is 484 g/mol. The Bertz CT molecular complexity index is 1330. The molecule has 0 bridgehead atoms. The molecule has 1 N–H and O–H groups in total. The number of ketones is 1. The van der Waals surface area contributed by atoms with Crippen LogP contribution in [-0.2, 0) is 14.3 Å².